The normalized spacial score (nSPS) is 14.4. The lowest BCUT2D eigenvalue weighted by Gasteiger charge is -2.29. The van der Waals surface area contributed by atoms with Crippen LogP contribution in [0.1, 0.15) is 32.8 Å². The summed E-state index contributed by atoms with van der Waals surface area (Å²) in [4.78, 5) is 24.3. The summed E-state index contributed by atoms with van der Waals surface area (Å²) < 4.78 is 22.4. The van der Waals surface area contributed by atoms with Gasteiger partial charge in [-0.15, -0.1) is 0 Å². The van der Waals surface area contributed by atoms with Crippen molar-refractivity contribution in [1.29, 1.82) is 0 Å². The van der Waals surface area contributed by atoms with Crippen LogP contribution in [-0.2, 0) is 11.8 Å². The van der Waals surface area contributed by atoms with Gasteiger partial charge in [0.2, 0.25) is 0 Å². The first kappa shape index (κ1) is 21.8. The van der Waals surface area contributed by atoms with E-state index in [9.17, 15) is 4.79 Å². The van der Waals surface area contributed by atoms with Crippen molar-refractivity contribution >= 4 is 34.2 Å². The maximum atomic E-state index is 15.1. The molecule has 1 aromatic carbocycles. The Balaban J connectivity index is 1.50. The molecule has 0 bridgehead atoms. The summed E-state index contributed by atoms with van der Waals surface area (Å²) in [6, 6.07) is 7.11. The molecule has 3 aromatic rings. The van der Waals surface area contributed by atoms with E-state index in [1.54, 1.807) is 41.5 Å². The molecule has 0 atom stereocenters. The number of aromatic nitrogens is 3. The van der Waals surface area contributed by atoms with Crippen molar-refractivity contribution in [2.24, 2.45) is 7.05 Å². The summed E-state index contributed by atoms with van der Waals surface area (Å²) in [5, 5.41) is 0. The van der Waals surface area contributed by atoms with Crippen molar-refractivity contribution in [1.82, 2.24) is 19.4 Å². The van der Waals surface area contributed by atoms with Gasteiger partial charge in [0.25, 0.3) is 0 Å². The van der Waals surface area contributed by atoms with E-state index >= 15 is 4.39 Å². The summed E-state index contributed by atoms with van der Waals surface area (Å²) in [5.74, 6) is 0.310. The van der Waals surface area contributed by atoms with Gasteiger partial charge in [0.05, 0.1) is 23.7 Å². The Morgan fingerprint density at radius 3 is 2.66 bits per heavy atom. The molecule has 1 aliphatic heterocycles. The highest BCUT2D eigenvalue weighted by Gasteiger charge is 2.24. The Hall–Kier alpha value is -3.42. The van der Waals surface area contributed by atoms with Crippen LogP contribution >= 0.6 is 0 Å². The lowest BCUT2D eigenvalue weighted by molar-refractivity contribution is 0.0270. The largest absolute Gasteiger partial charge is 0.444 e. The lowest BCUT2D eigenvalue weighted by Crippen LogP contribution is -2.39. The van der Waals surface area contributed by atoms with Gasteiger partial charge in [0.1, 0.15) is 22.8 Å². The van der Waals surface area contributed by atoms with Crippen LogP contribution in [-0.4, -0.2) is 51.3 Å². The molecule has 0 aliphatic carbocycles. The standard InChI is InChI=1S/C24H28FN5O2/c1-24(2,3)32-23(31)30-10-8-16(9-11-30)17-6-7-20(18(25)12-17)29(5)22-13-21-19(14-26-22)27-15-28(21)4/h6-8,12-15H,9-11H2,1-5H3. The number of imidazole rings is 1. The first-order chi connectivity index (χ1) is 15.1. The van der Waals surface area contributed by atoms with Crippen LogP contribution < -0.4 is 4.90 Å². The molecule has 7 nitrogen and oxygen atoms in total. The molecule has 0 unspecified atom stereocenters. The smallest absolute Gasteiger partial charge is 0.410 e. The maximum Gasteiger partial charge on any atom is 0.410 e. The van der Waals surface area contributed by atoms with Crippen LogP contribution in [0, 0.1) is 5.82 Å². The summed E-state index contributed by atoms with van der Waals surface area (Å²) in [5.41, 5.74) is 3.48. The fourth-order valence-electron chi connectivity index (χ4n) is 3.73. The van der Waals surface area contributed by atoms with Crippen molar-refractivity contribution in [2.75, 3.05) is 25.0 Å². The highest BCUT2D eigenvalue weighted by molar-refractivity contribution is 5.79. The van der Waals surface area contributed by atoms with Crippen molar-refractivity contribution in [3.8, 4) is 0 Å². The zero-order valence-corrected chi connectivity index (χ0v) is 19.1. The van der Waals surface area contributed by atoms with Crippen molar-refractivity contribution < 1.29 is 13.9 Å². The summed E-state index contributed by atoms with van der Waals surface area (Å²) in [7, 11) is 3.71. The van der Waals surface area contributed by atoms with E-state index in [-0.39, 0.29) is 11.9 Å². The molecular formula is C24H28FN5O2. The predicted molar refractivity (Wildman–Crippen MR) is 123 cm³/mol. The predicted octanol–water partition coefficient (Wildman–Crippen LogP) is 4.90. The fraction of sp³-hybridized carbons (Fsp3) is 0.375. The van der Waals surface area contributed by atoms with Crippen LogP contribution in [0.2, 0.25) is 0 Å². The molecule has 32 heavy (non-hydrogen) atoms. The van der Waals surface area contributed by atoms with E-state index in [1.807, 2.05) is 50.6 Å². The third-order valence-electron chi connectivity index (χ3n) is 5.48. The zero-order valence-electron chi connectivity index (χ0n) is 19.1. The van der Waals surface area contributed by atoms with Gasteiger partial charge in [-0.3, -0.25) is 0 Å². The van der Waals surface area contributed by atoms with E-state index in [1.165, 1.54) is 0 Å². The van der Waals surface area contributed by atoms with E-state index in [4.69, 9.17) is 4.74 Å². The number of hydrogen-bond donors (Lipinski definition) is 0. The van der Waals surface area contributed by atoms with Gasteiger partial charge >= 0.3 is 6.09 Å². The molecule has 0 radical (unpaired) electrons. The van der Waals surface area contributed by atoms with Gasteiger partial charge in [-0.1, -0.05) is 12.1 Å². The fourth-order valence-corrected chi connectivity index (χ4v) is 3.73. The number of rotatable bonds is 3. The van der Waals surface area contributed by atoms with Crippen LogP contribution in [0.25, 0.3) is 16.6 Å². The van der Waals surface area contributed by atoms with Gasteiger partial charge in [-0.05, 0) is 50.5 Å². The molecule has 0 saturated heterocycles. The molecule has 0 spiro atoms. The van der Waals surface area contributed by atoms with Crippen LogP contribution in [0.5, 0.6) is 0 Å². The van der Waals surface area contributed by atoms with E-state index < -0.39 is 5.60 Å². The number of carbonyl (C=O) groups excluding carboxylic acids is 1. The van der Waals surface area contributed by atoms with Gasteiger partial charge < -0.3 is 19.1 Å². The molecule has 3 heterocycles. The second kappa shape index (κ2) is 8.26. The number of nitrogens with zero attached hydrogens (tertiary/aromatic N) is 5. The quantitative estimate of drug-likeness (QED) is 0.583. The van der Waals surface area contributed by atoms with Gasteiger partial charge in [-0.2, -0.15) is 0 Å². The SMILES string of the molecule is CN(c1cc2c(cn1)ncn2C)c1ccc(C2=CCN(C(=O)OC(C)(C)C)CC2)cc1F. The van der Waals surface area contributed by atoms with Gasteiger partial charge in [-0.25, -0.2) is 19.2 Å². The number of halogens is 1. The number of ether oxygens (including phenoxy) is 1. The molecule has 8 heteroatoms. The summed E-state index contributed by atoms with van der Waals surface area (Å²) >= 11 is 0. The average molecular weight is 438 g/mol. The van der Waals surface area contributed by atoms with Crippen molar-refractivity contribution in [2.45, 2.75) is 32.8 Å². The number of pyridine rings is 1. The number of anilines is 2. The minimum absolute atomic E-state index is 0.325. The molecule has 168 valence electrons. The van der Waals surface area contributed by atoms with E-state index in [0.29, 0.717) is 31.0 Å². The number of benzene rings is 1. The Morgan fingerprint density at radius 2 is 2.00 bits per heavy atom. The first-order valence-corrected chi connectivity index (χ1v) is 10.6. The number of fused-ring (bicyclic) bond motifs is 1. The van der Waals surface area contributed by atoms with Crippen molar-refractivity contribution in [3.05, 3.63) is 54.2 Å². The van der Waals surface area contributed by atoms with Gasteiger partial charge in [0, 0.05) is 33.3 Å². The third-order valence-corrected chi connectivity index (χ3v) is 5.48. The molecule has 0 saturated carbocycles. The Morgan fingerprint density at radius 1 is 1.22 bits per heavy atom. The highest BCUT2D eigenvalue weighted by atomic mass is 19.1. The summed E-state index contributed by atoms with van der Waals surface area (Å²) in [6.07, 6.45) is 5.70. The average Bonchev–Trinajstić information content (AvgIpc) is 3.12. The Kier molecular flexibility index (Phi) is 5.62. The minimum atomic E-state index is -0.526. The van der Waals surface area contributed by atoms with Crippen molar-refractivity contribution in [3.63, 3.8) is 0 Å². The first-order valence-electron chi connectivity index (χ1n) is 10.6. The molecule has 1 amide bonds. The van der Waals surface area contributed by atoms with Crippen LogP contribution in [0.3, 0.4) is 0 Å². The molecule has 2 aromatic heterocycles. The Labute approximate surface area is 187 Å². The number of aryl methyl sites for hydroxylation is 1. The third kappa shape index (κ3) is 4.44. The van der Waals surface area contributed by atoms with E-state index in [0.717, 1.165) is 22.2 Å². The zero-order chi connectivity index (χ0) is 23.0. The minimum Gasteiger partial charge on any atom is -0.444 e. The number of carbonyl (C=O) groups is 1. The second-order valence-electron chi connectivity index (χ2n) is 9.02. The molecule has 4 rings (SSSR count). The monoisotopic (exact) mass is 437 g/mol. The molecular weight excluding hydrogens is 409 g/mol. The Bertz CT molecular complexity index is 1190. The molecule has 1 aliphatic rings. The van der Waals surface area contributed by atoms with Crippen LogP contribution in [0.15, 0.2) is 42.9 Å². The second-order valence-corrected chi connectivity index (χ2v) is 9.02. The number of hydrogen-bond acceptors (Lipinski definition) is 5. The molecule has 0 fully saturated rings. The maximum absolute atomic E-state index is 15.1. The van der Waals surface area contributed by atoms with Crippen LogP contribution in [0.4, 0.5) is 20.7 Å². The van der Waals surface area contributed by atoms with Gasteiger partial charge in [0.15, 0.2) is 0 Å². The topological polar surface area (TPSA) is 63.5 Å². The highest BCUT2D eigenvalue weighted by Crippen LogP contribution is 2.31. The molecule has 0 N–H and O–H groups in total. The lowest BCUT2D eigenvalue weighted by atomic mass is 9.99. The number of amides is 1. The summed E-state index contributed by atoms with van der Waals surface area (Å²) in [6.45, 7) is 6.53. The van der Waals surface area contributed by atoms with E-state index in [2.05, 4.69) is 9.97 Å².